The topological polar surface area (TPSA) is 89.8 Å². The van der Waals surface area contributed by atoms with Gasteiger partial charge in [0.1, 0.15) is 12.4 Å². The quantitative estimate of drug-likeness (QED) is 0.197. The van der Waals surface area contributed by atoms with Gasteiger partial charge >= 0.3 is 0 Å². The van der Waals surface area contributed by atoms with E-state index in [0.717, 1.165) is 22.2 Å². The molecule has 0 bridgehead atoms. The first-order chi connectivity index (χ1) is 16.3. The van der Waals surface area contributed by atoms with Crippen molar-refractivity contribution < 1.29 is 19.2 Å². The largest absolute Gasteiger partial charge is 0.488 e. The lowest BCUT2D eigenvalue weighted by Gasteiger charge is -2.12. The third-order valence-electron chi connectivity index (χ3n) is 4.97. The molecule has 4 rings (SSSR count). The van der Waals surface area contributed by atoms with E-state index in [9.17, 15) is 19.7 Å². The lowest BCUT2D eigenvalue weighted by Crippen LogP contribution is -2.27. The number of hydrogen-bond donors (Lipinski definition) is 0. The van der Waals surface area contributed by atoms with E-state index < -0.39 is 16.1 Å². The number of nitro benzene ring substituents is 1. The number of imide groups is 1. The fourth-order valence-electron chi connectivity index (χ4n) is 3.21. The second-order valence-electron chi connectivity index (χ2n) is 7.25. The van der Waals surface area contributed by atoms with Crippen molar-refractivity contribution in [2.75, 3.05) is 0 Å². The Hall–Kier alpha value is -3.33. The van der Waals surface area contributed by atoms with Crippen LogP contribution in [0.15, 0.2) is 71.6 Å². The molecular weight excluding hydrogens is 499 g/mol. The molecule has 3 aromatic carbocycles. The molecule has 0 saturated carbocycles. The van der Waals surface area contributed by atoms with Gasteiger partial charge in [-0.1, -0.05) is 59.6 Å². The third-order valence-corrected chi connectivity index (χ3v) is 6.46. The van der Waals surface area contributed by atoms with E-state index in [1.54, 1.807) is 48.5 Å². The summed E-state index contributed by atoms with van der Waals surface area (Å²) in [5, 5.41) is 11.4. The van der Waals surface area contributed by atoms with Gasteiger partial charge in [-0.3, -0.25) is 24.6 Å². The summed E-state index contributed by atoms with van der Waals surface area (Å²) in [4.78, 5) is 37.1. The highest BCUT2D eigenvalue weighted by Crippen LogP contribution is 2.35. The van der Waals surface area contributed by atoms with Gasteiger partial charge in [0.05, 0.1) is 16.4 Å². The number of para-hydroxylation sites is 1. The number of rotatable bonds is 7. The highest BCUT2D eigenvalue weighted by Gasteiger charge is 2.35. The van der Waals surface area contributed by atoms with Crippen LogP contribution in [0.25, 0.3) is 6.08 Å². The van der Waals surface area contributed by atoms with Crippen molar-refractivity contribution in [3.63, 3.8) is 0 Å². The second kappa shape index (κ2) is 10.3. The first kappa shape index (κ1) is 23.8. The van der Waals surface area contributed by atoms with Gasteiger partial charge in [0.2, 0.25) is 0 Å². The molecule has 1 saturated heterocycles. The van der Waals surface area contributed by atoms with Gasteiger partial charge in [-0.05, 0) is 41.6 Å². The van der Waals surface area contributed by atoms with Crippen LogP contribution >= 0.6 is 35.0 Å². The summed E-state index contributed by atoms with van der Waals surface area (Å²) in [7, 11) is 0. The number of thioether (sulfide) groups is 1. The van der Waals surface area contributed by atoms with Gasteiger partial charge in [-0.15, -0.1) is 0 Å². The van der Waals surface area contributed by atoms with Gasteiger partial charge in [0, 0.05) is 33.3 Å². The zero-order valence-electron chi connectivity index (χ0n) is 17.4. The maximum absolute atomic E-state index is 12.9. The van der Waals surface area contributed by atoms with Crippen LogP contribution < -0.4 is 4.74 Å². The van der Waals surface area contributed by atoms with Crippen LogP contribution in [0.5, 0.6) is 5.75 Å². The SMILES string of the molecule is O=C1S/C(=C\c2ccccc2OCc2ccc(Cl)cc2Cl)C(=O)N1Cc1ccc([N+](=O)[O-])cc1. The van der Waals surface area contributed by atoms with Gasteiger partial charge in [-0.25, -0.2) is 0 Å². The van der Waals surface area contributed by atoms with E-state index in [1.165, 1.54) is 24.3 Å². The maximum atomic E-state index is 12.9. The molecule has 10 heteroatoms. The number of carbonyl (C=O) groups excluding carboxylic acids is 2. The average Bonchev–Trinajstić information content (AvgIpc) is 3.07. The molecule has 1 fully saturated rings. The summed E-state index contributed by atoms with van der Waals surface area (Å²) in [6.45, 7) is 0.218. The Labute approximate surface area is 209 Å². The van der Waals surface area contributed by atoms with Crippen molar-refractivity contribution in [3.8, 4) is 5.75 Å². The van der Waals surface area contributed by atoms with E-state index in [-0.39, 0.29) is 23.7 Å². The van der Waals surface area contributed by atoms with Crippen molar-refractivity contribution in [2.24, 2.45) is 0 Å². The summed E-state index contributed by atoms with van der Waals surface area (Å²) in [6.07, 6.45) is 1.61. The van der Waals surface area contributed by atoms with E-state index in [0.29, 0.717) is 26.9 Å². The molecule has 1 heterocycles. The predicted octanol–water partition coefficient (Wildman–Crippen LogP) is 6.72. The molecule has 0 radical (unpaired) electrons. The number of nitrogens with zero attached hydrogens (tertiary/aromatic N) is 2. The smallest absolute Gasteiger partial charge is 0.293 e. The molecule has 0 unspecified atom stereocenters. The number of benzene rings is 3. The molecule has 172 valence electrons. The number of hydrogen-bond acceptors (Lipinski definition) is 6. The zero-order chi connectivity index (χ0) is 24.2. The molecule has 0 spiro atoms. The first-order valence-electron chi connectivity index (χ1n) is 9.96. The van der Waals surface area contributed by atoms with E-state index in [4.69, 9.17) is 27.9 Å². The standard InChI is InChI=1S/C24H16Cl2N2O5S/c25-18-8-7-17(20(26)12-18)14-33-21-4-2-1-3-16(21)11-22-23(29)27(24(30)34-22)13-15-5-9-19(10-6-15)28(31)32/h1-12H,13-14H2/b22-11-. The highest BCUT2D eigenvalue weighted by molar-refractivity contribution is 8.18. The molecule has 0 atom stereocenters. The zero-order valence-corrected chi connectivity index (χ0v) is 19.8. The monoisotopic (exact) mass is 514 g/mol. The molecule has 0 aromatic heterocycles. The molecule has 0 N–H and O–H groups in total. The maximum Gasteiger partial charge on any atom is 0.293 e. The van der Waals surface area contributed by atoms with E-state index in [1.807, 2.05) is 0 Å². The minimum atomic E-state index is -0.507. The summed E-state index contributed by atoms with van der Waals surface area (Å²) < 4.78 is 5.92. The summed E-state index contributed by atoms with van der Waals surface area (Å²) >= 11 is 13.0. The van der Waals surface area contributed by atoms with Crippen molar-refractivity contribution in [3.05, 3.63) is 108 Å². The Morgan fingerprint density at radius 1 is 1.03 bits per heavy atom. The fourth-order valence-corrected chi connectivity index (χ4v) is 4.50. The predicted molar refractivity (Wildman–Crippen MR) is 132 cm³/mol. The molecule has 1 aliphatic rings. The molecule has 2 amide bonds. The van der Waals surface area contributed by atoms with Crippen molar-refractivity contribution in [1.29, 1.82) is 0 Å². The number of ether oxygens (including phenoxy) is 1. The molecule has 7 nitrogen and oxygen atoms in total. The average molecular weight is 515 g/mol. The normalized spacial score (nSPS) is 14.6. The van der Waals surface area contributed by atoms with E-state index in [2.05, 4.69) is 0 Å². The van der Waals surface area contributed by atoms with Crippen LogP contribution in [0.3, 0.4) is 0 Å². The number of non-ortho nitro benzene ring substituents is 1. The minimum absolute atomic E-state index is 0.0210. The molecule has 1 aliphatic heterocycles. The van der Waals surface area contributed by atoms with E-state index >= 15 is 0 Å². The van der Waals surface area contributed by atoms with Crippen LogP contribution in [0, 0.1) is 10.1 Å². The van der Waals surface area contributed by atoms with Crippen LogP contribution in [0.4, 0.5) is 10.5 Å². The summed E-state index contributed by atoms with van der Waals surface area (Å²) in [5.41, 5.74) is 1.93. The third kappa shape index (κ3) is 5.41. The van der Waals surface area contributed by atoms with Crippen molar-refractivity contribution in [1.82, 2.24) is 4.90 Å². The van der Waals surface area contributed by atoms with Gasteiger partial charge in [0.15, 0.2) is 0 Å². The first-order valence-corrected chi connectivity index (χ1v) is 11.5. The van der Waals surface area contributed by atoms with Crippen LogP contribution in [0.1, 0.15) is 16.7 Å². The van der Waals surface area contributed by atoms with Crippen molar-refractivity contribution in [2.45, 2.75) is 13.2 Å². The Bertz CT molecular complexity index is 1310. The lowest BCUT2D eigenvalue weighted by atomic mass is 10.1. The number of nitro groups is 1. The number of carbonyl (C=O) groups is 2. The Morgan fingerprint density at radius 3 is 2.47 bits per heavy atom. The van der Waals surface area contributed by atoms with Crippen LogP contribution in [-0.2, 0) is 17.9 Å². The minimum Gasteiger partial charge on any atom is -0.488 e. The molecule has 34 heavy (non-hydrogen) atoms. The number of amides is 2. The lowest BCUT2D eigenvalue weighted by molar-refractivity contribution is -0.384. The molecule has 0 aliphatic carbocycles. The van der Waals surface area contributed by atoms with Crippen molar-refractivity contribution >= 4 is 57.9 Å². The number of halogens is 2. The highest BCUT2D eigenvalue weighted by atomic mass is 35.5. The van der Waals surface area contributed by atoms with Gasteiger partial charge in [0.25, 0.3) is 16.8 Å². The Balaban J connectivity index is 1.50. The van der Waals surface area contributed by atoms with Crippen LogP contribution in [0.2, 0.25) is 10.0 Å². The van der Waals surface area contributed by atoms with Crippen LogP contribution in [-0.4, -0.2) is 21.0 Å². The summed E-state index contributed by atoms with van der Waals surface area (Å²) in [5.74, 6) is 0.0830. The Morgan fingerprint density at radius 2 is 1.76 bits per heavy atom. The van der Waals surface area contributed by atoms with Gasteiger partial charge in [-0.2, -0.15) is 0 Å². The van der Waals surface area contributed by atoms with Gasteiger partial charge < -0.3 is 4.74 Å². The molecular formula is C24H16Cl2N2O5S. The second-order valence-corrected chi connectivity index (χ2v) is 9.09. The Kier molecular flexibility index (Phi) is 7.21. The summed E-state index contributed by atoms with van der Waals surface area (Å²) in [6, 6.07) is 18.0. The fraction of sp³-hybridized carbons (Fsp3) is 0.0833. The molecule has 3 aromatic rings.